The van der Waals surface area contributed by atoms with Crippen molar-refractivity contribution in [1.29, 1.82) is 0 Å². The Balaban J connectivity index is 1.59. The Morgan fingerprint density at radius 3 is 2.60 bits per heavy atom. The fraction of sp³-hybridized carbons (Fsp3) is 0.474. The summed E-state index contributed by atoms with van der Waals surface area (Å²) in [4.78, 5) is 25.9. The second kappa shape index (κ2) is 7.59. The SMILES string of the molecule is COC(=O)CC1CCN(C(=O)Cn2ccc3cc(OC)ccc32)CC1. The average Bonchev–Trinajstić information content (AvgIpc) is 3.04. The van der Waals surface area contributed by atoms with E-state index in [-0.39, 0.29) is 11.9 Å². The van der Waals surface area contributed by atoms with E-state index >= 15 is 0 Å². The van der Waals surface area contributed by atoms with E-state index in [1.54, 1.807) is 7.11 Å². The normalized spacial score (nSPS) is 15.4. The number of carbonyl (C=O) groups is 2. The lowest BCUT2D eigenvalue weighted by atomic mass is 9.93. The molecule has 1 aliphatic heterocycles. The monoisotopic (exact) mass is 344 g/mol. The number of nitrogens with zero attached hydrogens (tertiary/aromatic N) is 2. The van der Waals surface area contributed by atoms with Gasteiger partial charge in [-0.1, -0.05) is 0 Å². The second-order valence-corrected chi connectivity index (χ2v) is 6.47. The number of benzene rings is 1. The molecule has 0 atom stereocenters. The highest BCUT2D eigenvalue weighted by Crippen LogP contribution is 2.23. The third-order valence-electron chi connectivity index (χ3n) is 4.93. The second-order valence-electron chi connectivity index (χ2n) is 6.47. The molecule has 25 heavy (non-hydrogen) atoms. The Morgan fingerprint density at radius 2 is 1.92 bits per heavy atom. The summed E-state index contributed by atoms with van der Waals surface area (Å²) >= 11 is 0. The molecule has 1 saturated heterocycles. The van der Waals surface area contributed by atoms with Crippen molar-refractivity contribution in [2.24, 2.45) is 5.92 Å². The van der Waals surface area contributed by atoms with Gasteiger partial charge in [-0.2, -0.15) is 0 Å². The molecule has 6 heteroatoms. The fourth-order valence-corrected chi connectivity index (χ4v) is 3.39. The third kappa shape index (κ3) is 3.95. The molecule has 0 saturated carbocycles. The van der Waals surface area contributed by atoms with E-state index in [1.165, 1.54) is 7.11 Å². The van der Waals surface area contributed by atoms with Gasteiger partial charge in [0.2, 0.25) is 5.91 Å². The van der Waals surface area contributed by atoms with Crippen molar-refractivity contribution in [2.75, 3.05) is 27.3 Å². The lowest BCUT2D eigenvalue weighted by Crippen LogP contribution is -2.40. The van der Waals surface area contributed by atoms with Crippen LogP contribution in [0.1, 0.15) is 19.3 Å². The Kier molecular flexibility index (Phi) is 5.26. The quantitative estimate of drug-likeness (QED) is 0.782. The van der Waals surface area contributed by atoms with Gasteiger partial charge >= 0.3 is 5.97 Å². The number of methoxy groups -OCH3 is 2. The minimum atomic E-state index is -0.168. The molecule has 134 valence electrons. The molecule has 1 amide bonds. The van der Waals surface area contributed by atoms with Crippen LogP contribution in [0.2, 0.25) is 0 Å². The maximum absolute atomic E-state index is 12.6. The number of hydrogen-bond donors (Lipinski definition) is 0. The Labute approximate surface area is 147 Å². The van der Waals surface area contributed by atoms with Gasteiger partial charge in [0.1, 0.15) is 12.3 Å². The molecule has 3 rings (SSSR count). The summed E-state index contributed by atoms with van der Waals surface area (Å²) in [6.45, 7) is 1.73. The predicted molar refractivity (Wildman–Crippen MR) is 94.4 cm³/mol. The van der Waals surface area contributed by atoms with Crippen LogP contribution in [-0.4, -0.2) is 48.7 Å². The van der Waals surface area contributed by atoms with Crippen molar-refractivity contribution in [2.45, 2.75) is 25.8 Å². The zero-order chi connectivity index (χ0) is 17.8. The lowest BCUT2D eigenvalue weighted by molar-refractivity contribution is -0.142. The van der Waals surface area contributed by atoms with E-state index in [2.05, 4.69) is 0 Å². The van der Waals surface area contributed by atoms with Gasteiger partial charge in [-0.25, -0.2) is 0 Å². The van der Waals surface area contributed by atoms with Crippen LogP contribution < -0.4 is 4.74 Å². The molecule has 1 fully saturated rings. The van der Waals surface area contributed by atoms with Gasteiger partial charge in [0.05, 0.1) is 14.2 Å². The summed E-state index contributed by atoms with van der Waals surface area (Å²) in [7, 11) is 3.06. The third-order valence-corrected chi connectivity index (χ3v) is 4.93. The van der Waals surface area contributed by atoms with Gasteiger partial charge in [-0.15, -0.1) is 0 Å². The van der Waals surface area contributed by atoms with E-state index in [9.17, 15) is 9.59 Å². The number of ether oxygens (including phenoxy) is 2. The highest BCUT2D eigenvalue weighted by Gasteiger charge is 2.24. The van der Waals surface area contributed by atoms with Crippen LogP contribution in [0.5, 0.6) is 5.75 Å². The molecule has 1 aromatic carbocycles. The van der Waals surface area contributed by atoms with Gasteiger partial charge in [0.25, 0.3) is 0 Å². The van der Waals surface area contributed by atoms with Gasteiger partial charge in [-0.05, 0) is 43.0 Å². The molecular weight excluding hydrogens is 320 g/mol. The predicted octanol–water partition coefficient (Wildman–Crippen LogP) is 2.45. The first-order valence-electron chi connectivity index (χ1n) is 8.58. The standard InChI is InChI=1S/C19H24N2O4/c1-24-16-3-4-17-15(12-16)7-10-21(17)13-18(22)20-8-5-14(6-9-20)11-19(23)25-2/h3-4,7,10,12,14H,5-6,8-9,11,13H2,1-2H3. The summed E-state index contributed by atoms with van der Waals surface area (Å²) in [5.41, 5.74) is 1.02. The van der Waals surface area contributed by atoms with Crippen molar-refractivity contribution in [3.63, 3.8) is 0 Å². The number of fused-ring (bicyclic) bond motifs is 1. The molecule has 1 aromatic heterocycles. The summed E-state index contributed by atoms with van der Waals surface area (Å²) in [6, 6.07) is 7.84. The minimum absolute atomic E-state index is 0.116. The molecule has 0 N–H and O–H groups in total. The van der Waals surface area contributed by atoms with Crippen molar-refractivity contribution in [3.8, 4) is 5.75 Å². The smallest absolute Gasteiger partial charge is 0.305 e. The highest BCUT2D eigenvalue weighted by atomic mass is 16.5. The molecule has 0 radical (unpaired) electrons. The van der Waals surface area contributed by atoms with Crippen LogP contribution in [0.4, 0.5) is 0 Å². The molecule has 0 unspecified atom stereocenters. The number of rotatable bonds is 5. The topological polar surface area (TPSA) is 60.8 Å². The lowest BCUT2D eigenvalue weighted by Gasteiger charge is -2.31. The first-order valence-corrected chi connectivity index (χ1v) is 8.58. The number of likely N-dealkylation sites (tertiary alicyclic amines) is 1. The molecule has 0 spiro atoms. The van der Waals surface area contributed by atoms with Gasteiger partial charge < -0.3 is 18.9 Å². The number of carbonyl (C=O) groups excluding carboxylic acids is 2. The molecule has 1 aliphatic rings. The fourth-order valence-electron chi connectivity index (χ4n) is 3.39. The summed E-state index contributed by atoms with van der Waals surface area (Å²) < 4.78 is 11.9. The van der Waals surface area contributed by atoms with Gasteiger partial charge in [0, 0.05) is 36.6 Å². The van der Waals surface area contributed by atoms with Crippen LogP contribution in [0, 0.1) is 5.92 Å². The van der Waals surface area contributed by atoms with E-state index < -0.39 is 0 Å². The maximum atomic E-state index is 12.6. The molecule has 0 aliphatic carbocycles. The summed E-state index contributed by atoms with van der Waals surface area (Å²) in [5.74, 6) is 1.07. The van der Waals surface area contributed by atoms with Crippen molar-refractivity contribution < 1.29 is 19.1 Å². The largest absolute Gasteiger partial charge is 0.497 e. The van der Waals surface area contributed by atoms with Crippen molar-refractivity contribution in [3.05, 3.63) is 30.5 Å². The Bertz CT molecular complexity index is 760. The van der Waals surface area contributed by atoms with Crippen molar-refractivity contribution in [1.82, 2.24) is 9.47 Å². The number of esters is 1. The number of aromatic nitrogens is 1. The number of piperidine rings is 1. The van der Waals surface area contributed by atoms with Crippen LogP contribution in [-0.2, 0) is 20.9 Å². The molecular formula is C19H24N2O4. The Hall–Kier alpha value is -2.50. The zero-order valence-corrected chi connectivity index (χ0v) is 14.7. The molecule has 2 aromatic rings. The first-order chi connectivity index (χ1) is 12.1. The zero-order valence-electron chi connectivity index (χ0n) is 14.7. The van der Waals surface area contributed by atoms with Gasteiger partial charge in [-0.3, -0.25) is 9.59 Å². The van der Waals surface area contributed by atoms with Crippen molar-refractivity contribution >= 4 is 22.8 Å². The molecule has 2 heterocycles. The highest BCUT2D eigenvalue weighted by molar-refractivity contribution is 5.84. The van der Waals surface area contributed by atoms with E-state index in [0.29, 0.717) is 32.0 Å². The van der Waals surface area contributed by atoms with Crippen LogP contribution in [0.25, 0.3) is 10.9 Å². The summed E-state index contributed by atoms with van der Waals surface area (Å²) in [5, 5.41) is 1.06. The average molecular weight is 344 g/mol. The summed E-state index contributed by atoms with van der Waals surface area (Å²) in [6.07, 6.45) is 4.09. The van der Waals surface area contributed by atoms with Gasteiger partial charge in [0.15, 0.2) is 0 Å². The van der Waals surface area contributed by atoms with E-state index in [1.807, 2.05) is 39.9 Å². The number of amides is 1. The first kappa shape index (κ1) is 17.3. The van der Waals surface area contributed by atoms with Crippen LogP contribution >= 0.6 is 0 Å². The number of hydrogen-bond acceptors (Lipinski definition) is 4. The maximum Gasteiger partial charge on any atom is 0.305 e. The minimum Gasteiger partial charge on any atom is -0.497 e. The van der Waals surface area contributed by atoms with E-state index in [4.69, 9.17) is 9.47 Å². The van der Waals surface area contributed by atoms with E-state index in [0.717, 1.165) is 29.5 Å². The molecule has 0 bridgehead atoms. The van der Waals surface area contributed by atoms with Crippen LogP contribution in [0.15, 0.2) is 30.5 Å². The van der Waals surface area contributed by atoms with Crippen LogP contribution in [0.3, 0.4) is 0 Å². The Morgan fingerprint density at radius 1 is 1.16 bits per heavy atom. The molecule has 6 nitrogen and oxygen atoms in total.